The summed E-state index contributed by atoms with van der Waals surface area (Å²) in [5.41, 5.74) is 2.41. The minimum Gasteiger partial charge on any atom is -0.395 e. The highest BCUT2D eigenvalue weighted by atomic mass is 16.3. The van der Waals surface area contributed by atoms with Crippen molar-refractivity contribution in [3.63, 3.8) is 0 Å². The van der Waals surface area contributed by atoms with Crippen molar-refractivity contribution in [2.45, 2.75) is 25.0 Å². The standard InChI is InChI=1S/C16H24N2O2/c19-12-11-17-7-9-18(10-8-17)15-6-5-13-3-1-2-4-14(13)16(15)20/h1-4,15-16,19-20H,5-12H2/t15-,16-/m1/s1. The summed E-state index contributed by atoms with van der Waals surface area (Å²) in [6, 6.07) is 8.52. The molecule has 1 aromatic rings. The Labute approximate surface area is 120 Å². The molecule has 0 radical (unpaired) electrons. The molecule has 0 bridgehead atoms. The van der Waals surface area contributed by atoms with Gasteiger partial charge in [0, 0.05) is 38.8 Å². The van der Waals surface area contributed by atoms with E-state index < -0.39 is 0 Å². The SMILES string of the molecule is OCCN1CCN([C@@H]2CCc3ccccc3[C@H]2O)CC1. The molecule has 0 unspecified atom stereocenters. The molecular weight excluding hydrogens is 252 g/mol. The topological polar surface area (TPSA) is 46.9 Å². The van der Waals surface area contributed by atoms with Crippen LogP contribution >= 0.6 is 0 Å². The molecular formula is C16H24N2O2. The van der Waals surface area contributed by atoms with Crippen LogP contribution in [0.2, 0.25) is 0 Å². The third kappa shape index (κ3) is 2.74. The van der Waals surface area contributed by atoms with Crippen molar-refractivity contribution < 1.29 is 10.2 Å². The first-order chi connectivity index (χ1) is 9.79. The lowest BCUT2D eigenvalue weighted by atomic mass is 9.85. The maximum absolute atomic E-state index is 10.6. The van der Waals surface area contributed by atoms with Crippen LogP contribution in [0.25, 0.3) is 0 Å². The number of aliphatic hydroxyl groups is 2. The van der Waals surface area contributed by atoms with E-state index in [-0.39, 0.29) is 18.8 Å². The molecule has 1 fully saturated rings. The maximum atomic E-state index is 10.6. The third-order valence-corrected chi connectivity index (χ3v) is 4.74. The Morgan fingerprint density at radius 2 is 1.85 bits per heavy atom. The van der Waals surface area contributed by atoms with Gasteiger partial charge in [0.25, 0.3) is 0 Å². The van der Waals surface area contributed by atoms with E-state index in [1.807, 2.05) is 6.07 Å². The van der Waals surface area contributed by atoms with Crippen LogP contribution in [0.1, 0.15) is 23.7 Å². The van der Waals surface area contributed by atoms with E-state index in [2.05, 4.69) is 28.0 Å². The Balaban J connectivity index is 1.65. The van der Waals surface area contributed by atoms with Crippen LogP contribution in [0, 0.1) is 0 Å². The summed E-state index contributed by atoms with van der Waals surface area (Å²) < 4.78 is 0. The van der Waals surface area contributed by atoms with Crippen molar-refractivity contribution in [2.75, 3.05) is 39.3 Å². The van der Waals surface area contributed by atoms with Crippen LogP contribution in [0.5, 0.6) is 0 Å². The average molecular weight is 276 g/mol. The predicted molar refractivity (Wildman–Crippen MR) is 78.6 cm³/mol. The van der Waals surface area contributed by atoms with Gasteiger partial charge < -0.3 is 10.2 Å². The zero-order valence-electron chi connectivity index (χ0n) is 11.9. The Morgan fingerprint density at radius 1 is 1.10 bits per heavy atom. The molecule has 0 saturated carbocycles. The summed E-state index contributed by atoms with van der Waals surface area (Å²) in [5.74, 6) is 0. The molecule has 2 atom stereocenters. The Morgan fingerprint density at radius 3 is 2.60 bits per heavy atom. The molecule has 1 saturated heterocycles. The number of piperazine rings is 1. The van der Waals surface area contributed by atoms with Gasteiger partial charge in [-0.15, -0.1) is 0 Å². The Bertz CT molecular complexity index is 444. The fourth-order valence-electron chi connectivity index (χ4n) is 3.56. The highest BCUT2D eigenvalue weighted by Crippen LogP contribution is 2.33. The monoisotopic (exact) mass is 276 g/mol. The lowest BCUT2D eigenvalue weighted by Crippen LogP contribution is -2.53. The van der Waals surface area contributed by atoms with Gasteiger partial charge in [-0.1, -0.05) is 24.3 Å². The van der Waals surface area contributed by atoms with Crippen molar-refractivity contribution in [2.24, 2.45) is 0 Å². The van der Waals surface area contributed by atoms with E-state index in [1.165, 1.54) is 5.56 Å². The number of nitrogens with zero attached hydrogens (tertiary/aromatic N) is 2. The van der Waals surface area contributed by atoms with E-state index in [0.29, 0.717) is 0 Å². The van der Waals surface area contributed by atoms with Crippen molar-refractivity contribution in [3.8, 4) is 0 Å². The Kier molecular flexibility index (Phi) is 4.36. The number of aliphatic hydroxyl groups excluding tert-OH is 2. The van der Waals surface area contributed by atoms with E-state index in [9.17, 15) is 5.11 Å². The Hall–Kier alpha value is -0.940. The molecule has 1 aliphatic carbocycles. The largest absolute Gasteiger partial charge is 0.395 e. The second kappa shape index (κ2) is 6.22. The van der Waals surface area contributed by atoms with Gasteiger partial charge in [0.15, 0.2) is 0 Å². The molecule has 1 aliphatic heterocycles. The van der Waals surface area contributed by atoms with Gasteiger partial charge in [0.05, 0.1) is 12.7 Å². The minimum atomic E-state index is -0.357. The molecule has 2 aliphatic rings. The number of aryl methyl sites for hydroxylation is 1. The number of hydrogen-bond donors (Lipinski definition) is 2. The van der Waals surface area contributed by atoms with Crippen LogP contribution in [0.4, 0.5) is 0 Å². The molecule has 1 aromatic carbocycles. The number of fused-ring (bicyclic) bond motifs is 1. The summed E-state index contributed by atoms with van der Waals surface area (Å²) in [7, 11) is 0. The maximum Gasteiger partial charge on any atom is 0.0947 e. The molecule has 4 nitrogen and oxygen atoms in total. The summed E-state index contributed by atoms with van der Waals surface area (Å²) in [6.07, 6.45) is 1.75. The first-order valence-electron chi connectivity index (χ1n) is 7.62. The summed E-state index contributed by atoms with van der Waals surface area (Å²) in [4.78, 5) is 4.72. The van der Waals surface area contributed by atoms with Gasteiger partial charge in [0.2, 0.25) is 0 Å². The highest BCUT2D eigenvalue weighted by Gasteiger charge is 2.33. The summed E-state index contributed by atoms with van der Waals surface area (Å²) in [5, 5.41) is 19.6. The number of benzene rings is 1. The van der Waals surface area contributed by atoms with Crippen LogP contribution < -0.4 is 0 Å². The fraction of sp³-hybridized carbons (Fsp3) is 0.625. The van der Waals surface area contributed by atoms with Crippen LogP contribution in [0.3, 0.4) is 0 Å². The first-order valence-corrected chi connectivity index (χ1v) is 7.62. The third-order valence-electron chi connectivity index (χ3n) is 4.74. The van der Waals surface area contributed by atoms with E-state index >= 15 is 0 Å². The number of hydrogen-bond acceptors (Lipinski definition) is 4. The van der Waals surface area contributed by atoms with Gasteiger partial charge >= 0.3 is 0 Å². The van der Waals surface area contributed by atoms with Gasteiger partial charge in [-0.3, -0.25) is 9.80 Å². The smallest absolute Gasteiger partial charge is 0.0947 e. The van der Waals surface area contributed by atoms with Gasteiger partial charge in [-0.05, 0) is 24.0 Å². The first kappa shape index (κ1) is 14.0. The fourth-order valence-corrected chi connectivity index (χ4v) is 3.56. The molecule has 2 N–H and O–H groups in total. The number of rotatable bonds is 3. The van der Waals surface area contributed by atoms with Crippen LogP contribution in [0.15, 0.2) is 24.3 Å². The zero-order chi connectivity index (χ0) is 13.9. The highest BCUT2D eigenvalue weighted by molar-refractivity contribution is 5.32. The van der Waals surface area contributed by atoms with Crippen molar-refractivity contribution in [3.05, 3.63) is 35.4 Å². The quantitative estimate of drug-likeness (QED) is 0.851. The van der Waals surface area contributed by atoms with Gasteiger partial charge in [0.1, 0.15) is 0 Å². The second-order valence-corrected chi connectivity index (χ2v) is 5.85. The van der Waals surface area contributed by atoms with Crippen molar-refractivity contribution >= 4 is 0 Å². The average Bonchev–Trinajstić information content (AvgIpc) is 2.49. The molecule has 20 heavy (non-hydrogen) atoms. The zero-order valence-corrected chi connectivity index (χ0v) is 11.9. The molecule has 110 valence electrons. The summed E-state index contributed by atoms with van der Waals surface area (Å²) in [6.45, 7) is 4.97. The lowest BCUT2D eigenvalue weighted by molar-refractivity contribution is 0.00595. The molecule has 4 heteroatoms. The predicted octanol–water partition coefficient (Wildman–Crippen LogP) is 0.645. The van der Waals surface area contributed by atoms with Crippen molar-refractivity contribution in [1.82, 2.24) is 9.80 Å². The normalized spacial score (nSPS) is 28.3. The van der Waals surface area contributed by atoms with E-state index in [1.54, 1.807) is 0 Å². The van der Waals surface area contributed by atoms with Crippen LogP contribution in [-0.4, -0.2) is 65.4 Å². The van der Waals surface area contributed by atoms with E-state index in [0.717, 1.165) is 51.1 Å². The lowest BCUT2D eigenvalue weighted by Gasteiger charge is -2.43. The molecule has 0 aromatic heterocycles. The summed E-state index contributed by atoms with van der Waals surface area (Å²) >= 11 is 0. The van der Waals surface area contributed by atoms with Crippen molar-refractivity contribution in [1.29, 1.82) is 0 Å². The second-order valence-electron chi connectivity index (χ2n) is 5.85. The molecule has 0 amide bonds. The van der Waals surface area contributed by atoms with Gasteiger partial charge in [-0.2, -0.15) is 0 Å². The van der Waals surface area contributed by atoms with Gasteiger partial charge in [-0.25, -0.2) is 0 Å². The van der Waals surface area contributed by atoms with Crippen LogP contribution in [-0.2, 0) is 6.42 Å². The number of β-amino-alcohol motifs (C(OH)–C–C–N with tert-alkyl or cyclic N) is 1. The molecule has 1 heterocycles. The molecule has 3 rings (SSSR count). The minimum absolute atomic E-state index is 0.236. The van der Waals surface area contributed by atoms with E-state index in [4.69, 9.17) is 5.11 Å². The molecule has 0 spiro atoms.